The molecule has 0 aromatic carbocycles. The van der Waals surface area contributed by atoms with Crippen LogP contribution in [0, 0.1) is 5.92 Å². The molecule has 0 heterocycles. The fourth-order valence-corrected chi connectivity index (χ4v) is 1.23. The highest BCUT2D eigenvalue weighted by Gasteiger charge is 2.27. The van der Waals surface area contributed by atoms with Crippen LogP contribution in [0.1, 0.15) is 33.1 Å². The van der Waals surface area contributed by atoms with E-state index >= 15 is 0 Å². The van der Waals surface area contributed by atoms with Crippen molar-refractivity contribution in [3.63, 3.8) is 0 Å². The normalized spacial score (nSPS) is 14.5. The largest absolute Gasteiger partial charge is 0.385 e. The predicted molar refractivity (Wildman–Crippen MR) is 50.8 cm³/mol. The average molecular weight is 200 g/mol. The van der Waals surface area contributed by atoms with E-state index in [2.05, 4.69) is 0 Å². The van der Waals surface area contributed by atoms with E-state index in [0.29, 0.717) is 19.1 Å². The zero-order valence-electron chi connectivity index (χ0n) is 8.53. The maximum absolute atomic E-state index is 11.4. The lowest BCUT2D eigenvalue weighted by atomic mass is 9.92. The number of aliphatic hydroxyl groups excluding tert-OH is 1. The SMILES string of the molecule is CCCC(O)C(=O)C(CC=O)C(C)=O. The number of carbonyl (C=O) groups is 3. The van der Waals surface area contributed by atoms with Gasteiger partial charge in [-0.2, -0.15) is 0 Å². The van der Waals surface area contributed by atoms with Crippen LogP contribution >= 0.6 is 0 Å². The molecule has 80 valence electrons. The van der Waals surface area contributed by atoms with Gasteiger partial charge in [-0.25, -0.2) is 0 Å². The number of ketones is 2. The summed E-state index contributed by atoms with van der Waals surface area (Å²) in [6.07, 6.45) is 0.284. The van der Waals surface area contributed by atoms with E-state index in [0.717, 1.165) is 0 Å². The zero-order valence-corrected chi connectivity index (χ0v) is 8.53. The van der Waals surface area contributed by atoms with Crippen molar-refractivity contribution >= 4 is 17.9 Å². The number of rotatable bonds is 7. The molecule has 0 saturated carbocycles. The molecule has 2 unspecified atom stereocenters. The molecule has 0 amide bonds. The molecule has 2 atom stereocenters. The fraction of sp³-hybridized carbons (Fsp3) is 0.700. The first-order valence-corrected chi connectivity index (χ1v) is 4.70. The van der Waals surface area contributed by atoms with Gasteiger partial charge in [0.1, 0.15) is 18.2 Å². The van der Waals surface area contributed by atoms with Crippen LogP contribution in [0.4, 0.5) is 0 Å². The predicted octanol–water partition coefficient (Wildman–Crippen LogP) is 0.511. The summed E-state index contributed by atoms with van der Waals surface area (Å²) >= 11 is 0. The number of carbonyl (C=O) groups excluding carboxylic acids is 3. The summed E-state index contributed by atoms with van der Waals surface area (Å²) in [5.74, 6) is -1.86. The highest BCUT2D eigenvalue weighted by Crippen LogP contribution is 2.10. The second kappa shape index (κ2) is 6.43. The molecular weight excluding hydrogens is 184 g/mol. The van der Waals surface area contributed by atoms with E-state index in [9.17, 15) is 19.5 Å². The molecule has 0 aliphatic carbocycles. The molecular formula is C10H16O4. The van der Waals surface area contributed by atoms with Gasteiger partial charge in [0.05, 0.1) is 5.92 Å². The summed E-state index contributed by atoms with van der Waals surface area (Å²) in [6, 6.07) is 0. The maximum Gasteiger partial charge on any atom is 0.172 e. The second-order valence-corrected chi connectivity index (χ2v) is 3.27. The minimum absolute atomic E-state index is 0.130. The van der Waals surface area contributed by atoms with Gasteiger partial charge in [0, 0.05) is 6.42 Å². The van der Waals surface area contributed by atoms with Gasteiger partial charge >= 0.3 is 0 Å². The molecule has 0 aromatic heterocycles. The fourth-order valence-electron chi connectivity index (χ4n) is 1.23. The Labute approximate surface area is 83.3 Å². The lowest BCUT2D eigenvalue weighted by Crippen LogP contribution is -2.32. The van der Waals surface area contributed by atoms with Crippen molar-refractivity contribution < 1.29 is 19.5 Å². The Morgan fingerprint density at radius 3 is 2.36 bits per heavy atom. The Kier molecular flexibility index (Phi) is 5.95. The summed E-state index contributed by atoms with van der Waals surface area (Å²) in [5, 5.41) is 9.35. The van der Waals surface area contributed by atoms with Gasteiger partial charge in [0.25, 0.3) is 0 Å². The van der Waals surface area contributed by atoms with E-state index in [4.69, 9.17) is 0 Å². The number of Topliss-reactive ketones (excluding diaryl/α,β-unsaturated/α-hetero) is 2. The molecule has 0 aliphatic rings. The molecule has 4 heteroatoms. The van der Waals surface area contributed by atoms with E-state index in [1.807, 2.05) is 6.92 Å². The first-order valence-electron chi connectivity index (χ1n) is 4.70. The quantitative estimate of drug-likeness (QED) is 0.480. The Morgan fingerprint density at radius 2 is 2.00 bits per heavy atom. The van der Waals surface area contributed by atoms with Gasteiger partial charge in [0.2, 0.25) is 0 Å². The Morgan fingerprint density at radius 1 is 1.43 bits per heavy atom. The van der Waals surface area contributed by atoms with Gasteiger partial charge in [-0.1, -0.05) is 13.3 Å². The summed E-state index contributed by atoms with van der Waals surface area (Å²) in [5.41, 5.74) is 0. The van der Waals surface area contributed by atoms with Crippen LogP contribution < -0.4 is 0 Å². The monoisotopic (exact) mass is 200 g/mol. The van der Waals surface area contributed by atoms with Crippen LogP contribution in [-0.4, -0.2) is 29.1 Å². The van der Waals surface area contributed by atoms with Gasteiger partial charge in [-0.05, 0) is 13.3 Å². The molecule has 0 fully saturated rings. The standard InChI is InChI=1S/C10H16O4/c1-3-4-9(13)10(14)8(5-6-11)7(2)12/h6,8-9,13H,3-5H2,1-2H3. The van der Waals surface area contributed by atoms with Gasteiger partial charge in [-0.15, -0.1) is 0 Å². The van der Waals surface area contributed by atoms with Crippen molar-refractivity contribution in [3.05, 3.63) is 0 Å². The number of hydrogen-bond acceptors (Lipinski definition) is 4. The third-order valence-corrected chi connectivity index (χ3v) is 2.06. The second-order valence-electron chi connectivity index (χ2n) is 3.27. The molecule has 4 nitrogen and oxygen atoms in total. The van der Waals surface area contributed by atoms with E-state index in [-0.39, 0.29) is 12.2 Å². The molecule has 0 radical (unpaired) electrons. The lowest BCUT2D eigenvalue weighted by Gasteiger charge is -2.13. The van der Waals surface area contributed by atoms with Crippen LogP contribution in [0.5, 0.6) is 0 Å². The Hall–Kier alpha value is -1.03. The van der Waals surface area contributed by atoms with Crippen LogP contribution in [0.15, 0.2) is 0 Å². The van der Waals surface area contributed by atoms with Gasteiger partial charge < -0.3 is 9.90 Å². The van der Waals surface area contributed by atoms with Crippen molar-refractivity contribution in [1.82, 2.24) is 0 Å². The zero-order chi connectivity index (χ0) is 11.1. The van der Waals surface area contributed by atoms with Gasteiger partial charge in [0.15, 0.2) is 5.78 Å². The van der Waals surface area contributed by atoms with Crippen molar-refractivity contribution in [2.75, 3.05) is 0 Å². The number of hydrogen-bond donors (Lipinski definition) is 1. The van der Waals surface area contributed by atoms with Crippen molar-refractivity contribution in [1.29, 1.82) is 0 Å². The summed E-state index contributed by atoms with van der Waals surface area (Å²) in [6.45, 7) is 3.09. The summed E-state index contributed by atoms with van der Waals surface area (Å²) < 4.78 is 0. The third-order valence-electron chi connectivity index (χ3n) is 2.06. The molecule has 14 heavy (non-hydrogen) atoms. The van der Waals surface area contributed by atoms with Crippen LogP contribution in [-0.2, 0) is 14.4 Å². The Bertz CT molecular complexity index is 222. The number of aldehydes is 1. The molecule has 0 aromatic rings. The minimum atomic E-state index is -1.12. The van der Waals surface area contributed by atoms with E-state index < -0.39 is 17.8 Å². The Balaban J connectivity index is 4.42. The highest BCUT2D eigenvalue weighted by atomic mass is 16.3. The first kappa shape index (κ1) is 13.0. The molecule has 0 saturated heterocycles. The summed E-state index contributed by atoms with van der Waals surface area (Å²) in [4.78, 5) is 32.6. The molecule has 1 N–H and O–H groups in total. The average Bonchev–Trinajstić information content (AvgIpc) is 2.13. The van der Waals surface area contributed by atoms with Crippen LogP contribution in [0.2, 0.25) is 0 Å². The highest BCUT2D eigenvalue weighted by molar-refractivity contribution is 6.04. The minimum Gasteiger partial charge on any atom is -0.385 e. The van der Waals surface area contributed by atoms with E-state index in [1.165, 1.54) is 6.92 Å². The smallest absolute Gasteiger partial charge is 0.172 e. The lowest BCUT2D eigenvalue weighted by molar-refractivity contribution is -0.139. The van der Waals surface area contributed by atoms with Crippen molar-refractivity contribution in [2.45, 2.75) is 39.2 Å². The molecule has 0 aliphatic heterocycles. The molecule has 0 spiro atoms. The van der Waals surface area contributed by atoms with Crippen molar-refractivity contribution in [2.24, 2.45) is 5.92 Å². The topological polar surface area (TPSA) is 71.4 Å². The first-order chi connectivity index (χ1) is 6.54. The third kappa shape index (κ3) is 3.79. The number of aliphatic hydroxyl groups is 1. The van der Waals surface area contributed by atoms with Gasteiger partial charge in [-0.3, -0.25) is 9.59 Å². The maximum atomic E-state index is 11.4. The van der Waals surface area contributed by atoms with Crippen LogP contribution in [0.25, 0.3) is 0 Å². The molecule has 0 rings (SSSR count). The van der Waals surface area contributed by atoms with Crippen LogP contribution in [0.3, 0.4) is 0 Å². The van der Waals surface area contributed by atoms with Crippen molar-refractivity contribution in [3.8, 4) is 0 Å². The molecule has 0 bridgehead atoms. The summed E-state index contributed by atoms with van der Waals surface area (Å²) in [7, 11) is 0. The van der Waals surface area contributed by atoms with E-state index in [1.54, 1.807) is 0 Å².